The summed E-state index contributed by atoms with van der Waals surface area (Å²) in [5, 5.41) is 3.17. The number of rotatable bonds is 4. The molecule has 1 aliphatic heterocycles. The Bertz CT molecular complexity index is 421. The molecule has 0 bridgehead atoms. The molecule has 21 heavy (non-hydrogen) atoms. The van der Waals surface area contributed by atoms with Gasteiger partial charge in [-0.1, -0.05) is 12.1 Å². The quantitative estimate of drug-likeness (QED) is 0.860. The van der Waals surface area contributed by atoms with Gasteiger partial charge in [0, 0.05) is 26.2 Å². The second-order valence-corrected chi connectivity index (χ2v) is 4.57. The number of benzene rings is 1. The van der Waals surface area contributed by atoms with E-state index in [1.165, 1.54) is 24.3 Å². The van der Waals surface area contributed by atoms with Crippen LogP contribution in [0.25, 0.3) is 0 Å². The molecule has 0 saturated carbocycles. The maximum Gasteiger partial charge on any atom is 0.573 e. The second-order valence-electron chi connectivity index (χ2n) is 4.57. The molecule has 1 heterocycles. The molecule has 2 rings (SSSR count). The van der Waals surface area contributed by atoms with Crippen molar-refractivity contribution >= 4 is 12.4 Å². The standard InChI is InChI=1S/C13H16F4N2O.ClH/c14-9-12(19-7-5-18-6-8-19)10-1-3-11(4-2-10)20-13(15,16)17;/h1-4,12,18H,5-9H2;1H/t12-;/m1./s1. The second kappa shape index (κ2) is 7.82. The van der Waals surface area contributed by atoms with Crippen molar-refractivity contribution in [2.24, 2.45) is 0 Å². The molecule has 0 amide bonds. The third-order valence-corrected chi connectivity index (χ3v) is 3.24. The van der Waals surface area contributed by atoms with Crippen molar-refractivity contribution in [1.82, 2.24) is 10.2 Å². The number of hydrogen-bond donors (Lipinski definition) is 1. The number of nitrogens with zero attached hydrogens (tertiary/aromatic N) is 1. The van der Waals surface area contributed by atoms with Gasteiger partial charge in [0.2, 0.25) is 0 Å². The van der Waals surface area contributed by atoms with E-state index in [1.54, 1.807) is 0 Å². The molecular formula is C13H17ClF4N2O. The number of piperazine rings is 1. The van der Waals surface area contributed by atoms with Crippen molar-refractivity contribution in [2.75, 3.05) is 32.9 Å². The molecular weight excluding hydrogens is 312 g/mol. The van der Waals surface area contributed by atoms with E-state index in [9.17, 15) is 17.6 Å². The molecule has 3 nitrogen and oxygen atoms in total. The van der Waals surface area contributed by atoms with Gasteiger partial charge in [-0.05, 0) is 17.7 Å². The molecule has 0 aromatic heterocycles. The maximum atomic E-state index is 13.2. The van der Waals surface area contributed by atoms with Crippen LogP contribution in [0.4, 0.5) is 17.6 Å². The van der Waals surface area contributed by atoms with Gasteiger partial charge >= 0.3 is 6.36 Å². The molecule has 0 aliphatic carbocycles. The van der Waals surface area contributed by atoms with E-state index in [1.807, 2.05) is 4.90 Å². The Hall–Kier alpha value is -1.05. The molecule has 0 unspecified atom stereocenters. The van der Waals surface area contributed by atoms with Gasteiger partial charge in [0.05, 0.1) is 6.04 Å². The number of alkyl halides is 4. The lowest BCUT2D eigenvalue weighted by Crippen LogP contribution is -2.45. The van der Waals surface area contributed by atoms with E-state index in [0.717, 1.165) is 26.2 Å². The third-order valence-electron chi connectivity index (χ3n) is 3.24. The van der Waals surface area contributed by atoms with Crippen LogP contribution >= 0.6 is 12.4 Å². The van der Waals surface area contributed by atoms with Gasteiger partial charge < -0.3 is 10.1 Å². The molecule has 1 aromatic rings. The number of nitrogens with one attached hydrogen (secondary N) is 1. The number of halogens is 5. The number of hydrogen-bond acceptors (Lipinski definition) is 3. The zero-order valence-corrected chi connectivity index (χ0v) is 12.0. The van der Waals surface area contributed by atoms with Gasteiger partial charge in [-0.2, -0.15) is 0 Å². The topological polar surface area (TPSA) is 24.5 Å². The van der Waals surface area contributed by atoms with E-state index in [0.29, 0.717) is 5.56 Å². The lowest BCUT2D eigenvalue weighted by molar-refractivity contribution is -0.274. The SMILES string of the molecule is Cl.FC[C@H](c1ccc(OC(F)(F)F)cc1)N1CCNCC1. The fraction of sp³-hybridized carbons (Fsp3) is 0.538. The highest BCUT2D eigenvalue weighted by molar-refractivity contribution is 5.85. The van der Waals surface area contributed by atoms with Gasteiger partial charge in [0.25, 0.3) is 0 Å². The average Bonchev–Trinajstić information content (AvgIpc) is 2.41. The van der Waals surface area contributed by atoms with E-state index < -0.39 is 19.1 Å². The first-order chi connectivity index (χ1) is 9.49. The fourth-order valence-corrected chi connectivity index (χ4v) is 2.28. The Kier molecular flexibility index (Phi) is 6.70. The van der Waals surface area contributed by atoms with Crippen LogP contribution < -0.4 is 10.1 Å². The summed E-state index contributed by atoms with van der Waals surface area (Å²) in [6.07, 6.45) is -4.71. The summed E-state index contributed by atoms with van der Waals surface area (Å²) in [6.45, 7) is 2.43. The minimum Gasteiger partial charge on any atom is -0.406 e. The van der Waals surface area contributed by atoms with Gasteiger partial charge in [-0.3, -0.25) is 4.90 Å². The highest BCUT2D eigenvalue weighted by Crippen LogP contribution is 2.27. The minimum atomic E-state index is -4.71. The fourth-order valence-electron chi connectivity index (χ4n) is 2.28. The van der Waals surface area contributed by atoms with Gasteiger partial charge in [0.15, 0.2) is 0 Å². The Balaban J connectivity index is 0.00000220. The van der Waals surface area contributed by atoms with Gasteiger partial charge in [-0.25, -0.2) is 4.39 Å². The predicted molar refractivity (Wildman–Crippen MR) is 73.5 cm³/mol. The summed E-state index contributed by atoms with van der Waals surface area (Å²) >= 11 is 0. The summed E-state index contributed by atoms with van der Waals surface area (Å²) < 4.78 is 53.2. The smallest absolute Gasteiger partial charge is 0.406 e. The van der Waals surface area contributed by atoms with Crippen LogP contribution in [-0.4, -0.2) is 44.1 Å². The summed E-state index contributed by atoms with van der Waals surface area (Å²) in [4.78, 5) is 1.98. The molecule has 1 aliphatic rings. The van der Waals surface area contributed by atoms with E-state index in [-0.39, 0.29) is 18.2 Å². The van der Waals surface area contributed by atoms with Crippen molar-refractivity contribution in [3.05, 3.63) is 29.8 Å². The largest absolute Gasteiger partial charge is 0.573 e. The summed E-state index contributed by atoms with van der Waals surface area (Å²) in [7, 11) is 0. The molecule has 1 N–H and O–H groups in total. The molecule has 1 saturated heterocycles. The minimum absolute atomic E-state index is 0. The molecule has 120 valence electrons. The maximum absolute atomic E-state index is 13.2. The Morgan fingerprint density at radius 1 is 1.14 bits per heavy atom. The monoisotopic (exact) mass is 328 g/mol. The van der Waals surface area contributed by atoms with Gasteiger partial charge in [-0.15, -0.1) is 25.6 Å². The average molecular weight is 329 g/mol. The number of ether oxygens (including phenoxy) is 1. The molecule has 8 heteroatoms. The highest BCUT2D eigenvalue weighted by Gasteiger charge is 2.31. The normalized spacial score (nSPS) is 17.9. The van der Waals surface area contributed by atoms with Crippen LogP contribution in [0, 0.1) is 0 Å². The van der Waals surface area contributed by atoms with Crippen LogP contribution in [-0.2, 0) is 0 Å². The van der Waals surface area contributed by atoms with Crippen LogP contribution in [0.15, 0.2) is 24.3 Å². The van der Waals surface area contributed by atoms with E-state index in [2.05, 4.69) is 10.1 Å². The zero-order valence-electron chi connectivity index (χ0n) is 11.2. The molecule has 0 spiro atoms. The van der Waals surface area contributed by atoms with Crippen molar-refractivity contribution in [1.29, 1.82) is 0 Å². The van der Waals surface area contributed by atoms with Crippen LogP contribution in [0.5, 0.6) is 5.75 Å². The van der Waals surface area contributed by atoms with Crippen LogP contribution in [0.2, 0.25) is 0 Å². The summed E-state index contributed by atoms with van der Waals surface area (Å²) in [5.41, 5.74) is 0.656. The third kappa shape index (κ3) is 5.33. The lowest BCUT2D eigenvalue weighted by Gasteiger charge is -2.33. The van der Waals surface area contributed by atoms with Crippen LogP contribution in [0.1, 0.15) is 11.6 Å². The zero-order chi connectivity index (χ0) is 14.6. The van der Waals surface area contributed by atoms with Gasteiger partial charge in [0.1, 0.15) is 12.4 Å². The van der Waals surface area contributed by atoms with Crippen LogP contribution in [0.3, 0.4) is 0 Å². The molecule has 0 radical (unpaired) electrons. The van der Waals surface area contributed by atoms with Crippen molar-refractivity contribution in [3.63, 3.8) is 0 Å². The summed E-state index contributed by atoms with van der Waals surface area (Å²) in [5.74, 6) is -0.292. The van der Waals surface area contributed by atoms with Crippen molar-refractivity contribution < 1.29 is 22.3 Å². The predicted octanol–water partition coefficient (Wildman–Crippen LogP) is 2.92. The van der Waals surface area contributed by atoms with Crippen molar-refractivity contribution in [3.8, 4) is 5.75 Å². The Morgan fingerprint density at radius 3 is 2.19 bits per heavy atom. The molecule has 1 atom stereocenters. The first-order valence-corrected chi connectivity index (χ1v) is 6.36. The summed E-state index contributed by atoms with van der Waals surface area (Å²) in [6, 6.07) is 4.97. The van der Waals surface area contributed by atoms with E-state index in [4.69, 9.17) is 0 Å². The molecule has 1 fully saturated rings. The first-order valence-electron chi connectivity index (χ1n) is 6.36. The first kappa shape index (κ1) is 18.0. The molecule has 1 aromatic carbocycles. The Morgan fingerprint density at radius 2 is 1.71 bits per heavy atom. The van der Waals surface area contributed by atoms with E-state index >= 15 is 0 Å². The Labute approximate surface area is 126 Å². The van der Waals surface area contributed by atoms with Crippen molar-refractivity contribution in [2.45, 2.75) is 12.4 Å². The lowest BCUT2D eigenvalue weighted by atomic mass is 10.1. The highest BCUT2D eigenvalue weighted by atomic mass is 35.5.